The molecule has 2 aromatic carbocycles. The molecule has 0 spiro atoms. The summed E-state index contributed by atoms with van der Waals surface area (Å²) in [6.45, 7) is 0. The van der Waals surface area contributed by atoms with Gasteiger partial charge in [0.15, 0.2) is 0 Å². The maximum absolute atomic E-state index is 15.0. The van der Waals surface area contributed by atoms with Gasteiger partial charge in [0.2, 0.25) is 11.9 Å². The predicted octanol–water partition coefficient (Wildman–Crippen LogP) is 3.62. The molecule has 41 heavy (non-hydrogen) atoms. The van der Waals surface area contributed by atoms with Gasteiger partial charge in [-0.1, -0.05) is 23.7 Å². The van der Waals surface area contributed by atoms with Crippen LogP contribution < -0.4 is 10.9 Å². The molecule has 0 aliphatic carbocycles. The van der Waals surface area contributed by atoms with Crippen molar-refractivity contribution in [3.63, 3.8) is 0 Å². The highest BCUT2D eigenvalue weighted by atomic mass is 35.5. The smallest absolute Gasteiger partial charge is 0.312 e. The minimum Gasteiger partial charge on any atom is -0.481 e. The van der Waals surface area contributed by atoms with Gasteiger partial charge < -0.3 is 20.0 Å². The molecular weight excluding hydrogens is 555 g/mol. The fourth-order valence-corrected chi connectivity index (χ4v) is 5.16. The number of halogens is 2. The molecule has 5 aromatic rings. The molecule has 12 nitrogen and oxygen atoms in total. The number of fused-ring (bicyclic) bond motifs is 1. The lowest BCUT2D eigenvalue weighted by Crippen LogP contribution is -2.24. The van der Waals surface area contributed by atoms with Crippen LogP contribution in [-0.2, 0) is 16.0 Å². The number of carbonyl (C=O) groups excluding carboxylic acids is 1. The molecule has 0 saturated carbocycles. The Kier molecular flexibility index (Phi) is 6.63. The SMILES string of the molecule is O=C(O)CC(=O)Nc1ccc(-c2nc([C@@H]3CCc4cc(-c5cc(Cl)ccc5-n5cnnn5)cc(=O)n43)[nH]c2F)cc1. The number of nitrogens with one attached hydrogen (secondary N) is 2. The van der Waals surface area contributed by atoms with Gasteiger partial charge in [-0.25, -0.2) is 4.98 Å². The first-order valence-electron chi connectivity index (χ1n) is 12.4. The minimum absolute atomic E-state index is 0.0616. The van der Waals surface area contributed by atoms with Gasteiger partial charge in [-0.2, -0.15) is 9.07 Å². The third-order valence-corrected chi connectivity index (χ3v) is 6.98. The fourth-order valence-electron chi connectivity index (χ4n) is 4.99. The van der Waals surface area contributed by atoms with Crippen molar-refractivity contribution in [3.8, 4) is 28.1 Å². The summed E-state index contributed by atoms with van der Waals surface area (Å²) in [5.74, 6) is -2.27. The summed E-state index contributed by atoms with van der Waals surface area (Å²) in [6.07, 6.45) is 1.89. The average molecular weight is 575 g/mol. The van der Waals surface area contributed by atoms with Crippen LogP contribution in [0.15, 0.2) is 65.7 Å². The number of carboxylic acid groups (broad SMARTS) is 1. The zero-order valence-electron chi connectivity index (χ0n) is 21.1. The van der Waals surface area contributed by atoms with Crippen molar-refractivity contribution >= 4 is 29.2 Å². The largest absolute Gasteiger partial charge is 0.481 e. The van der Waals surface area contributed by atoms with E-state index in [2.05, 4.69) is 30.8 Å². The van der Waals surface area contributed by atoms with Crippen molar-refractivity contribution in [1.82, 2.24) is 34.7 Å². The molecule has 0 saturated heterocycles. The molecule has 14 heteroatoms. The number of pyridine rings is 1. The van der Waals surface area contributed by atoms with E-state index >= 15 is 4.39 Å². The van der Waals surface area contributed by atoms with Crippen molar-refractivity contribution in [3.05, 3.63) is 93.8 Å². The molecule has 3 N–H and O–H groups in total. The van der Waals surface area contributed by atoms with Crippen LogP contribution in [0.3, 0.4) is 0 Å². The maximum atomic E-state index is 15.0. The Morgan fingerprint density at radius 3 is 2.66 bits per heavy atom. The van der Waals surface area contributed by atoms with Gasteiger partial charge >= 0.3 is 5.97 Å². The van der Waals surface area contributed by atoms with Crippen LogP contribution in [0.4, 0.5) is 10.1 Å². The second kappa shape index (κ2) is 10.4. The van der Waals surface area contributed by atoms with Crippen LogP contribution >= 0.6 is 11.6 Å². The number of anilines is 1. The molecule has 0 fully saturated rings. The van der Waals surface area contributed by atoms with Gasteiger partial charge in [0, 0.05) is 33.6 Å². The summed E-state index contributed by atoms with van der Waals surface area (Å²) in [5.41, 5.74) is 3.35. The number of hydrogen-bond acceptors (Lipinski definition) is 7. The second-order valence-electron chi connectivity index (χ2n) is 9.39. The number of aromatic nitrogens is 7. The van der Waals surface area contributed by atoms with Crippen molar-refractivity contribution < 1.29 is 19.1 Å². The molecule has 0 unspecified atom stereocenters. The lowest BCUT2D eigenvalue weighted by atomic mass is 10.0. The number of H-pyrrole nitrogens is 1. The zero-order chi connectivity index (χ0) is 28.7. The standard InChI is InChI=1S/C27H20ClFN8O4/c28-16-3-7-20(36-13-30-34-35-36)19(11-16)15-9-18-6-8-21(37(18)23(39)10-15)27-32-25(26(29)33-27)14-1-4-17(5-2-14)31-22(38)12-24(40)41/h1-5,7,9-11,13,21H,6,8,12H2,(H,31,38)(H,32,33)(H,40,41)/t21-/m0/s1. The molecule has 1 aliphatic heterocycles. The van der Waals surface area contributed by atoms with Crippen molar-refractivity contribution in [2.24, 2.45) is 0 Å². The lowest BCUT2D eigenvalue weighted by Gasteiger charge is -2.14. The highest BCUT2D eigenvalue weighted by Crippen LogP contribution is 2.35. The Morgan fingerprint density at radius 2 is 1.93 bits per heavy atom. The van der Waals surface area contributed by atoms with E-state index in [1.54, 1.807) is 34.9 Å². The number of carbonyl (C=O) groups is 2. The summed E-state index contributed by atoms with van der Waals surface area (Å²) in [7, 11) is 0. The number of amides is 1. The molecule has 1 aliphatic rings. The average Bonchev–Trinajstić information content (AvgIpc) is 3.69. The van der Waals surface area contributed by atoms with E-state index in [1.807, 2.05) is 6.07 Å². The number of aryl methyl sites for hydroxylation is 1. The van der Waals surface area contributed by atoms with Crippen molar-refractivity contribution in [1.29, 1.82) is 0 Å². The van der Waals surface area contributed by atoms with E-state index in [4.69, 9.17) is 16.7 Å². The Bertz CT molecular complexity index is 1850. The normalized spacial score (nSPS) is 14.1. The molecule has 6 rings (SSSR count). The van der Waals surface area contributed by atoms with E-state index in [9.17, 15) is 14.4 Å². The van der Waals surface area contributed by atoms with Gasteiger partial charge in [-0.3, -0.25) is 14.4 Å². The number of carboxylic acids is 1. The Balaban J connectivity index is 1.29. The van der Waals surface area contributed by atoms with E-state index in [1.165, 1.54) is 29.2 Å². The van der Waals surface area contributed by atoms with Gasteiger partial charge in [0.25, 0.3) is 5.56 Å². The molecule has 0 bridgehead atoms. The third-order valence-electron chi connectivity index (χ3n) is 6.75. The molecule has 0 radical (unpaired) electrons. The number of hydrogen-bond donors (Lipinski definition) is 3. The number of nitrogens with zero attached hydrogens (tertiary/aromatic N) is 6. The lowest BCUT2D eigenvalue weighted by molar-refractivity contribution is -0.139. The summed E-state index contributed by atoms with van der Waals surface area (Å²) >= 11 is 6.27. The third kappa shape index (κ3) is 5.10. The summed E-state index contributed by atoms with van der Waals surface area (Å²) in [4.78, 5) is 42.9. The predicted molar refractivity (Wildman–Crippen MR) is 145 cm³/mol. The van der Waals surface area contributed by atoms with Gasteiger partial charge in [-0.15, -0.1) is 5.10 Å². The number of imidazole rings is 1. The van der Waals surface area contributed by atoms with Crippen molar-refractivity contribution in [2.75, 3.05) is 5.32 Å². The van der Waals surface area contributed by atoms with Crippen LogP contribution in [0.1, 0.15) is 30.4 Å². The van der Waals surface area contributed by atoms with Crippen molar-refractivity contribution in [2.45, 2.75) is 25.3 Å². The van der Waals surface area contributed by atoms with E-state index in [0.29, 0.717) is 51.8 Å². The highest BCUT2D eigenvalue weighted by Gasteiger charge is 2.29. The Labute approximate surface area is 235 Å². The molecule has 4 heterocycles. The monoisotopic (exact) mass is 574 g/mol. The Hall–Kier alpha value is -5.17. The summed E-state index contributed by atoms with van der Waals surface area (Å²) < 4.78 is 18.1. The molecule has 1 amide bonds. The van der Waals surface area contributed by atoms with Gasteiger partial charge in [0.05, 0.1) is 11.7 Å². The number of benzene rings is 2. The molecule has 1 atom stereocenters. The fraction of sp³-hybridized carbons (Fsp3) is 0.148. The quantitative estimate of drug-likeness (QED) is 0.248. The van der Waals surface area contributed by atoms with E-state index in [0.717, 1.165) is 5.69 Å². The molecular formula is C27H20ClFN8O4. The maximum Gasteiger partial charge on any atom is 0.312 e. The van der Waals surface area contributed by atoms with Gasteiger partial charge in [0.1, 0.15) is 24.3 Å². The molecule has 206 valence electrons. The topological polar surface area (TPSA) is 161 Å². The highest BCUT2D eigenvalue weighted by molar-refractivity contribution is 6.31. The first-order valence-corrected chi connectivity index (χ1v) is 12.8. The number of rotatable bonds is 7. The van der Waals surface area contributed by atoms with Crippen LogP contribution in [0.25, 0.3) is 28.1 Å². The zero-order valence-corrected chi connectivity index (χ0v) is 21.8. The van der Waals surface area contributed by atoms with Crippen LogP contribution in [0.2, 0.25) is 5.02 Å². The second-order valence-corrected chi connectivity index (χ2v) is 9.83. The molecule has 3 aromatic heterocycles. The summed E-state index contributed by atoms with van der Waals surface area (Å²) in [6, 6.07) is 14.3. The first-order chi connectivity index (χ1) is 19.8. The number of tetrazole rings is 1. The van der Waals surface area contributed by atoms with E-state index in [-0.39, 0.29) is 11.3 Å². The van der Waals surface area contributed by atoms with Crippen LogP contribution in [0.5, 0.6) is 0 Å². The minimum atomic E-state index is -1.24. The summed E-state index contributed by atoms with van der Waals surface area (Å²) in [5, 5.41) is 23.0. The number of aliphatic carboxylic acids is 1. The Morgan fingerprint density at radius 1 is 1.12 bits per heavy atom. The van der Waals surface area contributed by atoms with Crippen LogP contribution in [-0.4, -0.2) is 51.7 Å². The van der Waals surface area contributed by atoms with E-state index < -0.39 is 30.3 Å². The number of aromatic amines is 1. The van der Waals surface area contributed by atoms with Gasteiger partial charge in [-0.05, 0) is 65.2 Å². The van der Waals surface area contributed by atoms with Crippen LogP contribution in [0, 0.1) is 5.95 Å². The first kappa shape index (κ1) is 26.1.